The van der Waals surface area contributed by atoms with Crippen LogP contribution in [0.5, 0.6) is 0 Å². The quantitative estimate of drug-likeness (QED) is 0.714. The zero-order chi connectivity index (χ0) is 11.4. The molecule has 2 aromatic rings. The first-order valence-corrected chi connectivity index (χ1v) is 5.39. The highest BCUT2D eigenvalue weighted by Crippen LogP contribution is 2.22. The second kappa shape index (κ2) is 4.90. The van der Waals surface area contributed by atoms with Crippen molar-refractivity contribution in [3.8, 4) is 0 Å². The molecule has 0 unspecified atom stereocenters. The van der Waals surface area contributed by atoms with Crippen LogP contribution in [0.15, 0.2) is 30.7 Å². The molecule has 0 aliphatic heterocycles. The first-order valence-electron chi connectivity index (χ1n) is 5.02. The summed E-state index contributed by atoms with van der Waals surface area (Å²) in [5.74, 6) is 0. The Morgan fingerprint density at radius 2 is 2.31 bits per heavy atom. The van der Waals surface area contributed by atoms with Crippen molar-refractivity contribution < 1.29 is 0 Å². The normalized spacial score (nSPS) is 10.3. The van der Waals surface area contributed by atoms with Crippen LogP contribution in [-0.4, -0.2) is 16.5 Å². The van der Waals surface area contributed by atoms with Crippen LogP contribution in [0.1, 0.15) is 5.69 Å². The van der Waals surface area contributed by atoms with Gasteiger partial charge < -0.3 is 16.0 Å². The Hall–Kier alpha value is -1.68. The SMILES string of the molecule is Nc1cc(Cl)ccc1NCCc1cnc[nH]1. The predicted octanol–water partition coefficient (Wildman–Crippen LogP) is 2.30. The number of hydrogen-bond acceptors (Lipinski definition) is 3. The zero-order valence-electron chi connectivity index (χ0n) is 8.70. The standard InChI is InChI=1S/C11H13ClN4/c12-8-1-2-11(10(13)5-8)15-4-3-9-6-14-7-16-9/h1-2,5-7,15H,3-4,13H2,(H,14,16). The summed E-state index contributed by atoms with van der Waals surface area (Å²) in [5, 5.41) is 3.90. The number of aromatic nitrogens is 2. The summed E-state index contributed by atoms with van der Waals surface area (Å²) in [4.78, 5) is 7.00. The molecule has 1 heterocycles. The van der Waals surface area contributed by atoms with E-state index in [-0.39, 0.29) is 0 Å². The fraction of sp³-hybridized carbons (Fsp3) is 0.182. The van der Waals surface area contributed by atoms with Crippen molar-refractivity contribution in [2.24, 2.45) is 0 Å². The summed E-state index contributed by atoms with van der Waals surface area (Å²) in [7, 11) is 0. The van der Waals surface area contributed by atoms with Gasteiger partial charge in [0.05, 0.1) is 17.7 Å². The molecule has 0 saturated heterocycles. The fourth-order valence-electron chi connectivity index (χ4n) is 1.45. The van der Waals surface area contributed by atoms with Crippen molar-refractivity contribution in [1.29, 1.82) is 0 Å². The molecular weight excluding hydrogens is 224 g/mol. The van der Waals surface area contributed by atoms with Crippen LogP contribution in [0.4, 0.5) is 11.4 Å². The van der Waals surface area contributed by atoms with Crippen molar-refractivity contribution in [1.82, 2.24) is 9.97 Å². The van der Waals surface area contributed by atoms with Gasteiger partial charge in [-0.3, -0.25) is 0 Å². The summed E-state index contributed by atoms with van der Waals surface area (Å²) in [6.07, 6.45) is 4.36. The van der Waals surface area contributed by atoms with Gasteiger partial charge in [0.25, 0.3) is 0 Å². The number of benzene rings is 1. The minimum Gasteiger partial charge on any atom is -0.397 e. The van der Waals surface area contributed by atoms with E-state index in [1.165, 1.54) is 0 Å². The van der Waals surface area contributed by atoms with Crippen LogP contribution in [0, 0.1) is 0 Å². The number of nitrogens with zero attached hydrogens (tertiary/aromatic N) is 1. The summed E-state index contributed by atoms with van der Waals surface area (Å²) in [6, 6.07) is 5.43. The average Bonchev–Trinajstić information content (AvgIpc) is 2.74. The van der Waals surface area contributed by atoms with Crippen molar-refractivity contribution >= 4 is 23.0 Å². The van der Waals surface area contributed by atoms with Gasteiger partial charge in [-0.2, -0.15) is 0 Å². The molecule has 1 aromatic carbocycles. The molecule has 0 aliphatic rings. The second-order valence-electron chi connectivity index (χ2n) is 3.49. The van der Waals surface area contributed by atoms with Gasteiger partial charge in [0.15, 0.2) is 0 Å². The number of nitrogen functional groups attached to an aromatic ring is 1. The summed E-state index contributed by atoms with van der Waals surface area (Å²) in [6.45, 7) is 0.800. The van der Waals surface area contributed by atoms with Crippen LogP contribution >= 0.6 is 11.6 Å². The van der Waals surface area contributed by atoms with E-state index in [1.807, 2.05) is 18.3 Å². The molecule has 1 aromatic heterocycles. The third kappa shape index (κ3) is 2.67. The van der Waals surface area contributed by atoms with Crippen LogP contribution in [0.3, 0.4) is 0 Å². The Balaban J connectivity index is 1.90. The molecule has 0 fully saturated rings. The maximum atomic E-state index is 5.81. The molecule has 0 amide bonds. The predicted molar refractivity (Wildman–Crippen MR) is 66.6 cm³/mol. The Kier molecular flexibility index (Phi) is 3.31. The second-order valence-corrected chi connectivity index (χ2v) is 3.92. The minimum atomic E-state index is 0.650. The number of rotatable bonds is 4. The number of aromatic amines is 1. The molecule has 0 aliphatic carbocycles. The lowest BCUT2D eigenvalue weighted by Gasteiger charge is -2.08. The van der Waals surface area contributed by atoms with Crippen molar-refractivity contribution in [3.05, 3.63) is 41.4 Å². The lowest BCUT2D eigenvalue weighted by molar-refractivity contribution is 0.977. The third-order valence-corrected chi connectivity index (χ3v) is 2.51. The van der Waals surface area contributed by atoms with Crippen molar-refractivity contribution in [2.75, 3.05) is 17.6 Å². The third-order valence-electron chi connectivity index (χ3n) is 2.28. The van der Waals surface area contributed by atoms with E-state index < -0.39 is 0 Å². The summed E-state index contributed by atoms with van der Waals surface area (Å²) < 4.78 is 0. The van der Waals surface area contributed by atoms with E-state index in [4.69, 9.17) is 17.3 Å². The molecule has 0 radical (unpaired) electrons. The molecule has 0 atom stereocenters. The highest BCUT2D eigenvalue weighted by molar-refractivity contribution is 6.31. The first kappa shape index (κ1) is 10.8. The topological polar surface area (TPSA) is 66.7 Å². The van der Waals surface area contributed by atoms with Gasteiger partial charge in [0.1, 0.15) is 0 Å². The Labute approximate surface area is 98.8 Å². The Bertz CT molecular complexity index is 453. The van der Waals surface area contributed by atoms with Gasteiger partial charge in [-0.15, -0.1) is 0 Å². The van der Waals surface area contributed by atoms with Crippen LogP contribution in [-0.2, 0) is 6.42 Å². The van der Waals surface area contributed by atoms with Gasteiger partial charge in [0.2, 0.25) is 0 Å². The van der Waals surface area contributed by atoms with E-state index in [0.717, 1.165) is 24.3 Å². The van der Waals surface area contributed by atoms with E-state index in [1.54, 1.807) is 12.4 Å². The number of nitrogens with one attached hydrogen (secondary N) is 2. The maximum absolute atomic E-state index is 5.81. The minimum absolute atomic E-state index is 0.650. The van der Waals surface area contributed by atoms with E-state index in [0.29, 0.717) is 10.7 Å². The highest BCUT2D eigenvalue weighted by atomic mass is 35.5. The van der Waals surface area contributed by atoms with Gasteiger partial charge in [-0.05, 0) is 18.2 Å². The van der Waals surface area contributed by atoms with Gasteiger partial charge >= 0.3 is 0 Å². The fourth-order valence-corrected chi connectivity index (χ4v) is 1.63. The molecule has 0 saturated carbocycles. The summed E-state index contributed by atoms with van der Waals surface area (Å²) in [5.41, 5.74) is 8.48. The number of H-pyrrole nitrogens is 1. The molecule has 4 nitrogen and oxygen atoms in total. The number of anilines is 2. The number of imidazole rings is 1. The van der Waals surface area contributed by atoms with Gasteiger partial charge in [0, 0.05) is 29.9 Å². The van der Waals surface area contributed by atoms with Gasteiger partial charge in [-0.1, -0.05) is 11.6 Å². The van der Waals surface area contributed by atoms with Crippen molar-refractivity contribution in [3.63, 3.8) is 0 Å². The number of hydrogen-bond donors (Lipinski definition) is 3. The monoisotopic (exact) mass is 236 g/mol. The van der Waals surface area contributed by atoms with Crippen LogP contribution in [0.2, 0.25) is 5.02 Å². The highest BCUT2D eigenvalue weighted by Gasteiger charge is 1.99. The van der Waals surface area contributed by atoms with Crippen molar-refractivity contribution in [2.45, 2.75) is 6.42 Å². The number of nitrogens with two attached hydrogens (primary N) is 1. The molecule has 2 rings (SSSR count). The van der Waals surface area contributed by atoms with Crippen LogP contribution < -0.4 is 11.1 Å². The van der Waals surface area contributed by atoms with E-state index in [9.17, 15) is 0 Å². The zero-order valence-corrected chi connectivity index (χ0v) is 9.46. The Morgan fingerprint density at radius 1 is 1.44 bits per heavy atom. The Morgan fingerprint density at radius 3 is 3.00 bits per heavy atom. The molecule has 84 valence electrons. The average molecular weight is 237 g/mol. The molecule has 5 heteroatoms. The largest absolute Gasteiger partial charge is 0.397 e. The molecule has 16 heavy (non-hydrogen) atoms. The smallest absolute Gasteiger partial charge is 0.0921 e. The first-order chi connectivity index (χ1) is 7.75. The van der Waals surface area contributed by atoms with Crippen LogP contribution in [0.25, 0.3) is 0 Å². The molecular formula is C11H13ClN4. The molecule has 0 bridgehead atoms. The molecule has 4 N–H and O–H groups in total. The maximum Gasteiger partial charge on any atom is 0.0921 e. The number of halogens is 1. The van der Waals surface area contributed by atoms with E-state index >= 15 is 0 Å². The van der Waals surface area contributed by atoms with E-state index in [2.05, 4.69) is 15.3 Å². The molecule has 0 spiro atoms. The summed E-state index contributed by atoms with van der Waals surface area (Å²) >= 11 is 5.81. The lowest BCUT2D eigenvalue weighted by Crippen LogP contribution is -2.06. The lowest BCUT2D eigenvalue weighted by atomic mass is 10.2. The van der Waals surface area contributed by atoms with Gasteiger partial charge in [-0.25, -0.2) is 4.98 Å².